The highest BCUT2D eigenvalue weighted by molar-refractivity contribution is 5.83. The zero-order valence-corrected chi connectivity index (χ0v) is 8.61. The summed E-state index contributed by atoms with van der Waals surface area (Å²) in [5.41, 5.74) is 0. The van der Waals surface area contributed by atoms with E-state index in [0.717, 1.165) is 6.42 Å². The van der Waals surface area contributed by atoms with Crippen molar-refractivity contribution in [3.63, 3.8) is 0 Å². The van der Waals surface area contributed by atoms with E-state index < -0.39 is 5.97 Å². The summed E-state index contributed by atoms with van der Waals surface area (Å²) in [6, 6.07) is 0. The molecule has 0 aliphatic heterocycles. The molecule has 0 aliphatic carbocycles. The third kappa shape index (κ3) is 2.31. The Hall–Kier alpha value is -1.39. The molecular weight excluding hydrogens is 184 g/mol. The first-order valence-corrected chi connectivity index (χ1v) is 4.69. The van der Waals surface area contributed by atoms with Crippen LogP contribution in [0.3, 0.4) is 0 Å². The zero-order chi connectivity index (χ0) is 10.6. The Labute approximate surface area is 82.4 Å². The van der Waals surface area contributed by atoms with E-state index in [4.69, 9.17) is 9.26 Å². The summed E-state index contributed by atoms with van der Waals surface area (Å²) >= 11 is 0. The van der Waals surface area contributed by atoms with Gasteiger partial charge < -0.3 is 9.26 Å². The molecule has 0 saturated carbocycles. The van der Waals surface area contributed by atoms with E-state index in [-0.39, 0.29) is 11.8 Å². The number of esters is 1. The molecule has 0 N–H and O–H groups in total. The third-order valence-corrected chi connectivity index (χ3v) is 1.94. The van der Waals surface area contributed by atoms with Crippen molar-refractivity contribution < 1.29 is 14.1 Å². The van der Waals surface area contributed by atoms with Crippen molar-refractivity contribution in [3.05, 3.63) is 11.7 Å². The van der Waals surface area contributed by atoms with E-state index in [1.165, 1.54) is 0 Å². The molecule has 1 heterocycles. The number of hydrogen-bond donors (Lipinski definition) is 0. The molecule has 0 spiro atoms. The summed E-state index contributed by atoms with van der Waals surface area (Å²) in [6.07, 6.45) is 0.905. The second-order valence-electron chi connectivity index (χ2n) is 2.99. The van der Waals surface area contributed by atoms with Crippen LogP contribution >= 0.6 is 0 Å². The quantitative estimate of drug-likeness (QED) is 0.689. The molecular formula is C9H14N2O3. The molecule has 1 unspecified atom stereocenters. The molecule has 1 aromatic heterocycles. The lowest BCUT2D eigenvalue weighted by molar-refractivity contribution is 0.0470. The lowest BCUT2D eigenvalue weighted by Crippen LogP contribution is -2.05. The Bertz CT molecular complexity index is 309. The first-order chi connectivity index (χ1) is 6.69. The summed E-state index contributed by atoms with van der Waals surface area (Å²) in [4.78, 5) is 15.1. The smallest absolute Gasteiger partial charge is 0.397 e. The number of hydrogen-bond acceptors (Lipinski definition) is 5. The fraction of sp³-hybridized carbons (Fsp3) is 0.667. The Morgan fingerprint density at radius 1 is 1.57 bits per heavy atom. The summed E-state index contributed by atoms with van der Waals surface area (Å²) < 4.78 is 9.49. The van der Waals surface area contributed by atoms with Gasteiger partial charge in [0.15, 0.2) is 5.82 Å². The van der Waals surface area contributed by atoms with E-state index in [1.54, 1.807) is 6.92 Å². The van der Waals surface area contributed by atoms with Gasteiger partial charge in [0.25, 0.3) is 0 Å². The molecule has 1 aromatic rings. The molecule has 0 amide bonds. The van der Waals surface area contributed by atoms with Crippen LogP contribution < -0.4 is 0 Å². The summed E-state index contributed by atoms with van der Waals surface area (Å²) in [5, 5.41) is 3.70. The molecule has 1 rings (SSSR count). The highest BCUT2D eigenvalue weighted by Gasteiger charge is 2.18. The van der Waals surface area contributed by atoms with E-state index in [2.05, 4.69) is 10.1 Å². The molecule has 1 atom stereocenters. The van der Waals surface area contributed by atoms with Crippen LogP contribution in [-0.4, -0.2) is 22.7 Å². The fourth-order valence-corrected chi connectivity index (χ4v) is 0.893. The van der Waals surface area contributed by atoms with Crippen molar-refractivity contribution in [1.82, 2.24) is 10.1 Å². The molecule has 0 fully saturated rings. The van der Waals surface area contributed by atoms with Gasteiger partial charge in [-0.2, -0.15) is 4.98 Å². The fourth-order valence-electron chi connectivity index (χ4n) is 0.893. The van der Waals surface area contributed by atoms with Crippen LogP contribution in [0.1, 0.15) is 49.6 Å². The predicted molar refractivity (Wildman–Crippen MR) is 49.0 cm³/mol. The van der Waals surface area contributed by atoms with Gasteiger partial charge in [0, 0.05) is 5.92 Å². The van der Waals surface area contributed by atoms with E-state index >= 15 is 0 Å². The molecule has 0 aliphatic rings. The standard InChI is InChI=1S/C9H14N2O3/c1-4-6(3)7-10-8(14-11-7)9(12)13-5-2/h6H,4-5H2,1-3H3. The van der Waals surface area contributed by atoms with Gasteiger partial charge in [-0.3, -0.25) is 0 Å². The van der Waals surface area contributed by atoms with Gasteiger partial charge in [-0.25, -0.2) is 4.79 Å². The van der Waals surface area contributed by atoms with Gasteiger partial charge in [0.2, 0.25) is 0 Å². The Balaban J connectivity index is 2.72. The van der Waals surface area contributed by atoms with Gasteiger partial charge >= 0.3 is 11.9 Å². The summed E-state index contributed by atoms with van der Waals surface area (Å²) in [5.74, 6) is 0.120. The number of aromatic nitrogens is 2. The zero-order valence-electron chi connectivity index (χ0n) is 8.61. The number of ether oxygens (including phenoxy) is 1. The number of rotatable bonds is 4. The average Bonchev–Trinajstić information content (AvgIpc) is 2.66. The van der Waals surface area contributed by atoms with Gasteiger partial charge in [0.1, 0.15) is 0 Å². The number of nitrogens with zero attached hydrogens (tertiary/aromatic N) is 2. The highest BCUT2D eigenvalue weighted by atomic mass is 16.6. The molecule has 0 bridgehead atoms. The van der Waals surface area contributed by atoms with Crippen LogP contribution in [-0.2, 0) is 4.74 Å². The van der Waals surface area contributed by atoms with Crippen molar-refractivity contribution in [2.45, 2.75) is 33.1 Å². The minimum absolute atomic E-state index is 0.0675. The molecule has 14 heavy (non-hydrogen) atoms. The minimum Gasteiger partial charge on any atom is -0.459 e. The van der Waals surface area contributed by atoms with E-state index in [0.29, 0.717) is 12.4 Å². The minimum atomic E-state index is -0.561. The molecule has 5 heteroatoms. The van der Waals surface area contributed by atoms with Crippen LogP contribution in [0.4, 0.5) is 0 Å². The average molecular weight is 198 g/mol. The van der Waals surface area contributed by atoms with Crippen LogP contribution in [0.2, 0.25) is 0 Å². The topological polar surface area (TPSA) is 65.2 Å². The van der Waals surface area contributed by atoms with Crippen LogP contribution in [0.5, 0.6) is 0 Å². The second kappa shape index (κ2) is 4.74. The molecule has 0 aromatic carbocycles. The first kappa shape index (κ1) is 10.7. The summed E-state index contributed by atoms with van der Waals surface area (Å²) in [6.45, 7) is 6.02. The van der Waals surface area contributed by atoms with Crippen LogP contribution in [0, 0.1) is 0 Å². The van der Waals surface area contributed by atoms with Crippen LogP contribution in [0.15, 0.2) is 4.52 Å². The van der Waals surface area contributed by atoms with Gasteiger partial charge in [-0.15, -0.1) is 0 Å². The lowest BCUT2D eigenvalue weighted by Gasteiger charge is -1.98. The van der Waals surface area contributed by atoms with Gasteiger partial charge in [0.05, 0.1) is 6.61 Å². The van der Waals surface area contributed by atoms with E-state index in [1.807, 2.05) is 13.8 Å². The van der Waals surface area contributed by atoms with Crippen LogP contribution in [0.25, 0.3) is 0 Å². The van der Waals surface area contributed by atoms with Gasteiger partial charge in [-0.05, 0) is 13.3 Å². The highest BCUT2D eigenvalue weighted by Crippen LogP contribution is 2.14. The maximum absolute atomic E-state index is 11.2. The Morgan fingerprint density at radius 3 is 2.86 bits per heavy atom. The maximum atomic E-state index is 11.2. The molecule has 0 saturated heterocycles. The Kier molecular flexibility index (Phi) is 3.62. The number of carbonyl (C=O) groups is 1. The third-order valence-electron chi connectivity index (χ3n) is 1.94. The van der Waals surface area contributed by atoms with Crippen molar-refractivity contribution in [2.24, 2.45) is 0 Å². The van der Waals surface area contributed by atoms with Crippen molar-refractivity contribution in [1.29, 1.82) is 0 Å². The van der Waals surface area contributed by atoms with Crippen molar-refractivity contribution in [2.75, 3.05) is 6.61 Å². The lowest BCUT2D eigenvalue weighted by atomic mass is 10.1. The van der Waals surface area contributed by atoms with Gasteiger partial charge in [-0.1, -0.05) is 19.0 Å². The normalized spacial score (nSPS) is 12.5. The number of carbonyl (C=O) groups excluding carboxylic acids is 1. The predicted octanol–water partition coefficient (Wildman–Crippen LogP) is 1.76. The van der Waals surface area contributed by atoms with Crippen molar-refractivity contribution >= 4 is 5.97 Å². The molecule has 0 radical (unpaired) electrons. The monoisotopic (exact) mass is 198 g/mol. The maximum Gasteiger partial charge on any atom is 0.397 e. The SMILES string of the molecule is CCOC(=O)c1nc(C(C)CC)no1. The molecule has 78 valence electrons. The summed E-state index contributed by atoms with van der Waals surface area (Å²) in [7, 11) is 0. The van der Waals surface area contributed by atoms with E-state index in [9.17, 15) is 4.79 Å². The van der Waals surface area contributed by atoms with Crippen molar-refractivity contribution in [3.8, 4) is 0 Å². The Morgan fingerprint density at radius 2 is 2.29 bits per heavy atom. The first-order valence-electron chi connectivity index (χ1n) is 4.69. The largest absolute Gasteiger partial charge is 0.459 e. The molecule has 5 nitrogen and oxygen atoms in total. The second-order valence-corrected chi connectivity index (χ2v) is 2.99.